The molecule has 5 heteroatoms. The van der Waals surface area contributed by atoms with Crippen molar-refractivity contribution >= 4 is 11.9 Å². The quantitative estimate of drug-likeness (QED) is 0.615. The van der Waals surface area contributed by atoms with Crippen LogP contribution >= 0.6 is 0 Å². The van der Waals surface area contributed by atoms with Gasteiger partial charge in [-0.1, -0.05) is 60.7 Å². The number of benzene rings is 2. The van der Waals surface area contributed by atoms with Crippen LogP contribution in [0, 0.1) is 0 Å². The monoisotopic (exact) mass is 349 g/mol. The van der Waals surface area contributed by atoms with Crippen LogP contribution in [-0.4, -0.2) is 29.0 Å². The van der Waals surface area contributed by atoms with Crippen molar-refractivity contribution in [3.63, 3.8) is 0 Å². The molecule has 2 aliphatic rings. The van der Waals surface area contributed by atoms with E-state index in [1.165, 1.54) is 4.90 Å². The number of amides is 1. The minimum absolute atomic E-state index is 0.0835. The van der Waals surface area contributed by atoms with Crippen LogP contribution < -0.4 is 0 Å². The fraction of sp³-hybridized carbons (Fsp3) is 0.238. The van der Waals surface area contributed by atoms with Gasteiger partial charge in [0.05, 0.1) is 6.42 Å². The molecule has 132 valence electrons. The maximum Gasteiger partial charge on any atom is 0.337 e. The summed E-state index contributed by atoms with van der Waals surface area (Å²) in [6.45, 7) is 0.175. The van der Waals surface area contributed by atoms with E-state index < -0.39 is 12.0 Å². The molecule has 0 saturated carbocycles. The van der Waals surface area contributed by atoms with E-state index in [4.69, 9.17) is 9.47 Å². The van der Waals surface area contributed by atoms with Crippen LogP contribution in [0.5, 0.6) is 0 Å². The molecule has 2 unspecified atom stereocenters. The number of allylic oxidation sites excluding steroid dienone is 1. The predicted octanol–water partition coefficient (Wildman–Crippen LogP) is 2.81. The summed E-state index contributed by atoms with van der Waals surface area (Å²) in [5.41, 5.74) is 2.02. The Morgan fingerprint density at radius 1 is 1.08 bits per heavy atom. The summed E-state index contributed by atoms with van der Waals surface area (Å²) in [4.78, 5) is 26.0. The fourth-order valence-corrected chi connectivity index (χ4v) is 3.20. The second kappa shape index (κ2) is 7.04. The number of nitrogens with zero attached hydrogens (tertiary/aromatic N) is 1. The normalized spacial score (nSPS) is 22.5. The number of carbonyl (C=O) groups is 2. The highest BCUT2D eigenvalue weighted by atomic mass is 16.6. The van der Waals surface area contributed by atoms with Crippen molar-refractivity contribution in [3.05, 3.63) is 83.6 Å². The zero-order chi connectivity index (χ0) is 17.9. The molecule has 0 spiro atoms. The van der Waals surface area contributed by atoms with Gasteiger partial charge in [0.15, 0.2) is 12.3 Å². The molecule has 2 aromatic rings. The van der Waals surface area contributed by atoms with E-state index in [1.54, 1.807) is 0 Å². The maximum atomic E-state index is 12.6. The van der Waals surface area contributed by atoms with E-state index >= 15 is 0 Å². The molecule has 0 aromatic heterocycles. The third-order valence-electron chi connectivity index (χ3n) is 4.60. The van der Waals surface area contributed by atoms with Crippen LogP contribution in [0.1, 0.15) is 17.5 Å². The van der Waals surface area contributed by atoms with Crippen molar-refractivity contribution in [2.75, 3.05) is 0 Å². The van der Waals surface area contributed by atoms with Gasteiger partial charge in [0.1, 0.15) is 12.4 Å². The average molecular weight is 349 g/mol. The lowest BCUT2D eigenvalue weighted by atomic mass is 10.1. The van der Waals surface area contributed by atoms with Crippen molar-refractivity contribution in [1.82, 2.24) is 4.90 Å². The largest absolute Gasteiger partial charge is 0.472 e. The summed E-state index contributed by atoms with van der Waals surface area (Å²) >= 11 is 0. The molecular weight excluding hydrogens is 330 g/mol. The van der Waals surface area contributed by atoms with Gasteiger partial charge in [0.2, 0.25) is 5.91 Å². The number of hydrogen-bond acceptors (Lipinski definition) is 4. The highest BCUT2D eigenvalue weighted by Crippen LogP contribution is 2.37. The Kier molecular flexibility index (Phi) is 4.44. The lowest BCUT2D eigenvalue weighted by molar-refractivity contribution is -0.166. The van der Waals surface area contributed by atoms with E-state index in [2.05, 4.69) is 0 Å². The van der Waals surface area contributed by atoms with Gasteiger partial charge in [-0.3, -0.25) is 9.69 Å². The van der Waals surface area contributed by atoms with Crippen LogP contribution in [0.15, 0.2) is 72.5 Å². The van der Waals surface area contributed by atoms with Gasteiger partial charge in [-0.25, -0.2) is 4.79 Å². The Morgan fingerprint density at radius 3 is 2.38 bits per heavy atom. The van der Waals surface area contributed by atoms with Crippen molar-refractivity contribution < 1.29 is 19.1 Å². The number of fused-ring (bicyclic) bond motifs is 1. The molecule has 0 aliphatic carbocycles. The van der Waals surface area contributed by atoms with E-state index in [0.717, 1.165) is 11.1 Å². The summed E-state index contributed by atoms with van der Waals surface area (Å²) in [7, 11) is 0. The minimum Gasteiger partial charge on any atom is -0.472 e. The molecule has 2 aromatic carbocycles. The predicted molar refractivity (Wildman–Crippen MR) is 94.6 cm³/mol. The number of ether oxygens (including phenoxy) is 2. The molecular formula is C21H19NO4. The Morgan fingerprint density at radius 2 is 1.73 bits per heavy atom. The third-order valence-corrected chi connectivity index (χ3v) is 4.60. The van der Waals surface area contributed by atoms with Gasteiger partial charge >= 0.3 is 5.97 Å². The van der Waals surface area contributed by atoms with E-state index in [-0.39, 0.29) is 18.7 Å². The van der Waals surface area contributed by atoms with Crippen LogP contribution in [0.2, 0.25) is 0 Å². The smallest absolute Gasteiger partial charge is 0.337 e. The first-order chi connectivity index (χ1) is 12.7. The Hall–Kier alpha value is -3.08. The molecule has 2 saturated heterocycles. The van der Waals surface area contributed by atoms with E-state index in [0.29, 0.717) is 18.6 Å². The molecule has 1 amide bonds. The van der Waals surface area contributed by atoms with Gasteiger partial charge in [0, 0.05) is 0 Å². The van der Waals surface area contributed by atoms with Gasteiger partial charge in [-0.2, -0.15) is 0 Å². The second-order valence-electron chi connectivity index (χ2n) is 6.37. The Balaban J connectivity index is 1.48. The summed E-state index contributed by atoms with van der Waals surface area (Å²) in [5.74, 6) is -0.0359. The maximum absolute atomic E-state index is 12.6. The SMILES string of the molecule is O=C(OCc1ccccc1)C1C(=CCc2ccccc2)OC2CC(=O)N21. The molecule has 0 bridgehead atoms. The average Bonchev–Trinajstić information content (AvgIpc) is 2.98. The zero-order valence-electron chi connectivity index (χ0n) is 14.2. The lowest BCUT2D eigenvalue weighted by Crippen LogP contribution is -2.55. The van der Waals surface area contributed by atoms with Crippen molar-refractivity contribution in [1.29, 1.82) is 0 Å². The Labute approximate surface area is 151 Å². The lowest BCUT2D eigenvalue weighted by Gasteiger charge is -2.33. The first-order valence-corrected chi connectivity index (χ1v) is 8.65. The summed E-state index contributed by atoms with van der Waals surface area (Å²) in [6.07, 6.45) is 2.47. The second-order valence-corrected chi connectivity index (χ2v) is 6.37. The van der Waals surface area contributed by atoms with Crippen LogP contribution in [0.4, 0.5) is 0 Å². The fourth-order valence-electron chi connectivity index (χ4n) is 3.20. The molecule has 2 aliphatic heterocycles. The summed E-state index contributed by atoms with van der Waals surface area (Å²) in [6, 6.07) is 18.6. The van der Waals surface area contributed by atoms with E-state index in [1.807, 2.05) is 66.7 Å². The molecule has 0 radical (unpaired) electrons. The molecule has 26 heavy (non-hydrogen) atoms. The number of esters is 1. The van der Waals surface area contributed by atoms with Gasteiger partial charge in [-0.05, 0) is 23.6 Å². The van der Waals surface area contributed by atoms with E-state index in [9.17, 15) is 9.59 Å². The Bertz CT molecular complexity index is 832. The molecule has 2 heterocycles. The van der Waals surface area contributed by atoms with Gasteiger partial charge < -0.3 is 9.47 Å². The van der Waals surface area contributed by atoms with Crippen LogP contribution in [0.25, 0.3) is 0 Å². The number of carbonyl (C=O) groups excluding carboxylic acids is 2. The highest BCUT2D eigenvalue weighted by molar-refractivity contribution is 5.91. The van der Waals surface area contributed by atoms with Crippen molar-refractivity contribution in [3.8, 4) is 0 Å². The standard InChI is InChI=1S/C21H19NO4/c23-18-13-19-22(18)20(21(24)25-14-16-9-5-2-6-10-16)17(26-19)12-11-15-7-3-1-4-8-15/h1-10,12,19-20H,11,13-14H2. The van der Waals surface area contributed by atoms with Crippen molar-refractivity contribution in [2.45, 2.75) is 31.7 Å². The van der Waals surface area contributed by atoms with Crippen LogP contribution in [0.3, 0.4) is 0 Å². The molecule has 0 N–H and O–H groups in total. The summed E-state index contributed by atoms with van der Waals surface area (Å²) in [5, 5.41) is 0. The van der Waals surface area contributed by atoms with Gasteiger partial charge in [0.25, 0.3) is 0 Å². The number of hydrogen-bond donors (Lipinski definition) is 0. The molecule has 5 nitrogen and oxygen atoms in total. The van der Waals surface area contributed by atoms with Gasteiger partial charge in [-0.15, -0.1) is 0 Å². The van der Waals surface area contributed by atoms with Crippen LogP contribution in [-0.2, 0) is 32.1 Å². The molecule has 2 fully saturated rings. The topological polar surface area (TPSA) is 55.8 Å². The zero-order valence-corrected chi connectivity index (χ0v) is 14.2. The summed E-state index contributed by atoms with van der Waals surface area (Å²) < 4.78 is 11.2. The third kappa shape index (κ3) is 3.20. The molecule has 2 atom stereocenters. The van der Waals surface area contributed by atoms with Crippen molar-refractivity contribution in [2.24, 2.45) is 0 Å². The highest BCUT2D eigenvalue weighted by Gasteiger charge is 2.54. The molecule has 4 rings (SSSR count). The minimum atomic E-state index is -0.784. The number of rotatable bonds is 5. The first kappa shape index (κ1) is 16.4. The first-order valence-electron chi connectivity index (χ1n) is 8.65. The number of β-lactam (4-membered cyclic amide) rings is 1.